The number of methoxy groups -OCH3 is 2. The summed E-state index contributed by atoms with van der Waals surface area (Å²) in [4.78, 5) is 26.5. The van der Waals surface area contributed by atoms with Crippen molar-refractivity contribution in [1.29, 1.82) is 0 Å². The number of aromatic nitrogens is 3. The standard InChI is InChI=1S/C30H35N5O4/c1-6-39-29(36)26-20(3)34-30(35-28(26)21-11-13-23(37-4)14-12-21)32-16-7-9-19(2)33-25-18-24(38-5)17-22-10-8-15-31-27(22)25/h8,10-15,17-19,33H,6-7,9,16H2,1-5H3,(H,32,34,35). The third kappa shape index (κ3) is 6.73. The summed E-state index contributed by atoms with van der Waals surface area (Å²) in [6.45, 7) is 6.66. The van der Waals surface area contributed by atoms with Crippen LogP contribution in [0.5, 0.6) is 11.5 Å². The maximum absolute atomic E-state index is 12.7. The lowest BCUT2D eigenvalue weighted by Gasteiger charge is -2.18. The maximum Gasteiger partial charge on any atom is 0.342 e. The Kier molecular flexibility index (Phi) is 9.14. The van der Waals surface area contributed by atoms with Crippen molar-refractivity contribution in [3.05, 3.63) is 66.0 Å². The van der Waals surface area contributed by atoms with Crippen LogP contribution >= 0.6 is 0 Å². The van der Waals surface area contributed by atoms with E-state index in [1.54, 1.807) is 34.3 Å². The Bertz CT molecular complexity index is 1430. The van der Waals surface area contributed by atoms with Crippen LogP contribution < -0.4 is 20.1 Å². The van der Waals surface area contributed by atoms with Gasteiger partial charge in [0.2, 0.25) is 5.95 Å². The van der Waals surface area contributed by atoms with Gasteiger partial charge in [-0.3, -0.25) is 4.98 Å². The number of benzene rings is 2. The van der Waals surface area contributed by atoms with E-state index in [2.05, 4.69) is 27.5 Å². The highest BCUT2D eigenvalue weighted by atomic mass is 16.5. The second-order valence-electron chi connectivity index (χ2n) is 9.17. The van der Waals surface area contributed by atoms with Gasteiger partial charge in [-0.15, -0.1) is 0 Å². The minimum Gasteiger partial charge on any atom is -0.497 e. The number of hydrogen-bond donors (Lipinski definition) is 2. The van der Waals surface area contributed by atoms with Crippen molar-refractivity contribution in [2.24, 2.45) is 0 Å². The lowest BCUT2D eigenvalue weighted by molar-refractivity contribution is 0.0525. The van der Waals surface area contributed by atoms with Gasteiger partial charge in [0.25, 0.3) is 0 Å². The van der Waals surface area contributed by atoms with Crippen LogP contribution in [0.2, 0.25) is 0 Å². The fraction of sp³-hybridized carbons (Fsp3) is 0.333. The lowest BCUT2D eigenvalue weighted by atomic mass is 10.0. The molecule has 0 saturated heterocycles. The maximum atomic E-state index is 12.7. The number of carbonyl (C=O) groups is 1. The van der Waals surface area contributed by atoms with Crippen LogP contribution in [0, 0.1) is 6.92 Å². The Hall–Kier alpha value is -4.40. The average Bonchev–Trinajstić information content (AvgIpc) is 2.95. The van der Waals surface area contributed by atoms with E-state index in [1.807, 2.05) is 48.5 Å². The summed E-state index contributed by atoms with van der Waals surface area (Å²) in [5.41, 5.74) is 4.10. The topological polar surface area (TPSA) is 107 Å². The van der Waals surface area contributed by atoms with Gasteiger partial charge in [-0.2, -0.15) is 0 Å². The number of nitrogens with zero attached hydrogens (tertiary/aromatic N) is 3. The van der Waals surface area contributed by atoms with Crippen molar-refractivity contribution in [3.63, 3.8) is 0 Å². The zero-order valence-electron chi connectivity index (χ0n) is 23.1. The Morgan fingerprint density at radius 3 is 2.51 bits per heavy atom. The molecule has 4 aromatic rings. The molecule has 2 heterocycles. The fourth-order valence-corrected chi connectivity index (χ4v) is 4.40. The van der Waals surface area contributed by atoms with Gasteiger partial charge in [0.15, 0.2) is 0 Å². The summed E-state index contributed by atoms with van der Waals surface area (Å²) in [5.74, 6) is 1.54. The Balaban J connectivity index is 1.44. The minimum absolute atomic E-state index is 0.202. The quantitative estimate of drug-likeness (QED) is 0.172. The number of anilines is 2. The highest BCUT2D eigenvalue weighted by Crippen LogP contribution is 2.29. The van der Waals surface area contributed by atoms with Gasteiger partial charge in [-0.25, -0.2) is 14.8 Å². The zero-order valence-corrected chi connectivity index (χ0v) is 23.1. The van der Waals surface area contributed by atoms with Gasteiger partial charge in [-0.05, 0) is 70.0 Å². The minimum atomic E-state index is -0.438. The van der Waals surface area contributed by atoms with E-state index in [1.165, 1.54) is 0 Å². The first-order valence-electron chi connectivity index (χ1n) is 13.1. The summed E-state index contributed by atoms with van der Waals surface area (Å²) in [7, 11) is 3.28. The molecule has 9 heteroatoms. The molecular weight excluding hydrogens is 494 g/mol. The van der Waals surface area contributed by atoms with Crippen molar-refractivity contribution in [1.82, 2.24) is 15.0 Å². The van der Waals surface area contributed by atoms with E-state index >= 15 is 0 Å². The van der Waals surface area contributed by atoms with Gasteiger partial charge < -0.3 is 24.8 Å². The molecule has 0 saturated carbocycles. The second-order valence-corrected chi connectivity index (χ2v) is 9.17. The van der Waals surface area contributed by atoms with Gasteiger partial charge in [0, 0.05) is 35.8 Å². The normalized spacial score (nSPS) is 11.6. The number of rotatable bonds is 12. The summed E-state index contributed by atoms with van der Waals surface area (Å²) in [5, 5.41) is 7.93. The third-order valence-electron chi connectivity index (χ3n) is 6.35. The highest BCUT2D eigenvalue weighted by molar-refractivity contribution is 5.97. The number of pyridine rings is 1. The van der Waals surface area contributed by atoms with Crippen LogP contribution in [0.4, 0.5) is 11.6 Å². The largest absolute Gasteiger partial charge is 0.497 e. The van der Waals surface area contributed by atoms with Crippen LogP contribution in [0.25, 0.3) is 22.2 Å². The number of hydrogen-bond acceptors (Lipinski definition) is 9. The van der Waals surface area contributed by atoms with Crippen LogP contribution in [0.3, 0.4) is 0 Å². The van der Waals surface area contributed by atoms with Gasteiger partial charge in [0.1, 0.15) is 17.1 Å². The third-order valence-corrected chi connectivity index (χ3v) is 6.35. The van der Waals surface area contributed by atoms with Crippen molar-refractivity contribution >= 4 is 28.5 Å². The molecule has 0 fully saturated rings. The second kappa shape index (κ2) is 12.9. The van der Waals surface area contributed by atoms with E-state index in [4.69, 9.17) is 19.2 Å². The number of fused-ring (bicyclic) bond motifs is 1. The Morgan fingerprint density at radius 2 is 1.79 bits per heavy atom. The van der Waals surface area contributed by atoms with Crippen LogP contribution in [0.15, 0.2) is 54.7 Å². The number of ether oxygens (including phenoxy) is 3. The van der Waals surface area contributed by atoms with Crippen molar-refractivity contribution in [3.8, 4) is 22.8 Å². The van der Waals surface area contributed by atoms with Gasteiger partial charge in [0.05, 0.1) is 43.4 Å². The Morgan fingerprint density at radius 1 is 1.03 bits per heavy atom. The van der Waals surface area contributed by atoms with E-state index in [0.29, 0.717) is 29.4 Å². The first kappa shape index (κ1) is 27.6. The molecular formula is C30H35N5O4. The first-order chi connectivity index (χ1) is 18.9. The number of nitrogens with one attached hydrogen (secondary N) is 2. The van der Waals surface area contributed by atoms with Crippen molar-refractivity contribution in [2.45, 2.75) is 39.7 Å². The molecule has 2 N–H and O–H groups in total. The smallest absolute Gasteiger partial charge is 0.342 e. The molecule has 0 aliphatic heterocycles. The van der Waals surface area contributed by atoms with Gasteiger partial charge in [-0.1, -0.05) is 6.07 Å². The highest BCUT2D eigenvalue weighted by Gasteiger charge is 2.21. The lowest BCUT2D eigenvalue weighted by Crippen LogP contribution is -2.18. The molecule has 1 atom stereocenters. The van der Waals surface area contributed by atoms with E-state index in [0.717, 1.165) is 46.5 Å². The van der Waals surface area contributed by atoms with E-state index in [-0.39, 0.29) is 12.6 Å². The number of esters is 1. The van der Waals surface area contributed by atoms with Crippen molar-refractivity contribution in [2.75, 3.05) is 38.0 Å². The summed E-state index contributed by atoms with van der Waals surface area (Å²) in [6.07, 6.45) is 3.58. The molecule has 0 amide bonds. The molecule has 2 aromatic heterocycles. The molecule has 0 bridgehead atoms. The SMILES string of the molecule is CCOC(=O)c1c(C)nc(NCCCC(C)Nc2cc(OC)cc3cccnc23)nc1-c1ccc(OC)cc1. The van der Waals surface area contributed by atoms with Crippen LogP contribution in [-0.2, 0) is 4.74 Å². The van der Waals surface area contributed by atoms with Crippen LogP contribution in [-0.4, -0.2) is 54.3 Å². The zero-order chi connectivity index (χ0) is 27.8. The fourth-order valence-electron chi connectivity index (χ4n) is 4.40. The Labute approximate surface area is 229 Å². The summed E-state index contributed by atoms with van der Waals surface area (Å²) >= 11 is 0. The first-order valence-corrected chi connectivity index (χ1v) is 13.1. The molecule has 0 aliphatic carbocycles. The predicted octanol–water partition coefficient (Wildman–Crippen LogP) is 5.89. The van der Waals surface area contributed by atoms with E-state index < -0.39 is 5.97 Å². The molecule has 0 aliphatic rings. The van der Waals surface area contributed by atoms with Gasteiger partial charge >= 0.3 is 5.97 Å². The monoisotopic (exact) mass is 529 g/mol. The van der Waals surface area contributed by atoms with Crippen molar-refractivity contribution < 1.29 is 19.0 Å². The molecule has 39 heavy (non-hydrogen) atoms. The average molecular weight is 530 g/mol. The molecule has 1 unspecified atom stereocenters. The summed E-state index contributed by atoms with van der Waals surface area (Å²) < 4.78 is 16.0. The molecule has 0 radical (unpaired) electrons. The molecule has 4 rings (SSSR count). The number of aryl methyl sites for hydroxylation is 1. The molecule has 9 nitrogen and oxygen atoms in total. The number of carbonyl (C=O) groups excluding carboxylic acids is 1. The molecule has 204 valence electrons. The van der Waals surface area contributed by atoms with Crippen LogP contribution in [0.1, 0.15) is 42.7 Å². The molecule has 0 spiro atoms. The van der Waals surface area contributed by atoms with E-state index in [9.17, 15) is 4.79 Å². The predicted molar refractivity (Wildman–Crippen MR) is 154 cm³/mol. The molecule has 2 aromatic carbocycles. The summed E-state index contributed by atoms with van der Waals surface area (Å²) in [6, 6.07) is 15.5.